The zero-order valence-corrected chi connectivity index (χ0v) is 18.2. The summed E-state index contributed by atoms with van der Waals surface area (Å²) in [6, 6.07) is 15.0. The number of amides is 1. The van der Waals surface area contributed by atoms with Gasteiger partial charge in [0.1, 0.15) is 0 Å². The van der Waals surface area contributed by atoms with E-state index in [4.69, 9.17) is 10.7 Å². The van der Waals surface area contributed by atoms with Crippen LogP contribution in [0.3, 0.4) is 0 Å². The van der Waals surface area contributed by atoms with Crippen LogP contribution < -0.4 is 11.3 Å². The first-order valence-corrected chi connectivity index (χ1v) is 11.5. The van der Waals surface area contributed by atoms with Gasteiger partial charge >= 0.3 is 0 Å². The summed E-state index contributed by atoms with van der Waals surface area (Å²) < 4.78 is 1.94. The summed E-state index contributed by atoms with van der Waals surface area (Å²) in [5.41, 5.74) is 7.66. The standard InChI is InChI=1S/C24H27N3O2S/c1-15-7-5-12-21(16(15)2)27-23(29)19-10-3-4-11-20(19)26-24(27)30-14-17-8-6-9-18(13-17)22(25)28/h3-4,6,8-11,13,15-16,21H,5,7,12,14H2,1-2H3,(H2,25,28)/t15-,16-,21-/m1/s1. The molecule has 2 aromatic carbocycles. The largest absolute Gasteiger partial charge is 0.366 e. The summed E-state index contributed by atoms with van der Waals surface area (Å²) >= 11 is 1.55. The van der Waals surface area contributed by atoms with Crippen LogP contribution in [0, 0.1) is 11.8 Å². The lowest BCUT2D eigenvalue weighted by atomic mass is 9.78. The SMILES string of the molecule is C[C@@H]1[C@H](C)CCC[C@H]1n1c(SCc2cccc(C(N)=O)c2)nc2ccccc2c1=O. The van der Waals surface area contributed by atoms with Crippen molar-refractivity contribution in [1.29, 1.82) is 0 Å². The molecule has 0 saturated heterocycles. The zero-order chi connectivity index (χ0) is 21.3. The van der Waals surface area contributed by atoms with E-state index in [1.807, 2.05) is 47.0 Å². The third-order valence-electron chi connectivity index (χ3n) is 6.35. The van der Waals surface area contributed by atoms with Crippen molar-refractivity contribution in [2.24, 2.45) is 17.6 Å². The van der Waals surface area contributed by atoms with Crippen LogP contribution >= 0.6 is 11.8 Å². The van der Waals surface area contributed by atoms with Gasteiger partial charge in [-0.1, -0.05) is 62.7 Å². The predicted octanol–water partition coefficient (Wildman–Crippen LogP) is 4.78. The number of nitrogens with zero attached hydrogens (tertiary/aromatic N) is 2. The van der Waals surface area contributed by atoms with Gasteiger partial charge in [-0.15, -0.1) is 0 Å². The van der Waals surface area contributed by atoms with Gasteiger partial charge in [0, 0.05) is 17.4 Å². The quantitative estimate of drug-likeness (QED) is 0.475. The highest BCUT2D eigenvalue weighted by atomic mass is 32.2. The molecule has 0 spiro atoms. The number of carbonyl (C=O) groups excluding carboxylic acids is 1. The molecule has 4 rings (SSSR count). The average Bonchev–Trinajstić information content (AvgIpc) is 2.75. The van der Waals surface area contributed by atoms with E-state index in [-0.39, 0.29) is 11.6 Å². The molecule has 1 amide bonds. The van der Waals surface area contributed by atoms with Crippen molar-refractivity contribution >= 4 is 28.6 Å². The molecule has 5 nitrogen and oxygen atoms in total. The molecule has 1 heterocycles. The Morgan fingerprint density at radius 3 is 2.77 bits per heavy atom. The number of nitrogens with two attached hydrogens (primary N) is 1. The Kier molecular flexibility index (Phi) is 5.95. The van der Waals surface area contributed by atoms with Gasteiger partial charge in [-0.3, -0.25) is 14.2 Å². The van der Waals surface area contributed by atoms with E-state index in [0.717, 1.165) is 29.1 Å². The molecule has 0 bridgehead atoms. The van der Waals surface area contributed by atoms with Gasteiger partial charge in [-0.2, -0.15) is 0 Å². The van der Waals surface area contributed by atoms with Gasteiger partial charge in [-0.25, -0.2) is 4.98 Å². The summed E-state index contributed by atoms with van der Waals surface area (Å²) in [5.74, 6) is 1.17. The Morgan fingerprint density at radius 1 is 1.17 bits per heavy atom. The van der Waals surface area contributed by atoms with E-state index in [0.29, 0.717) is 28.5 Å². The van der Waals surface area contributed by atoms with Gasteiger partial charge in [0.25, 0.3) is 5.56 Å². The molecule has 2 N–H and O–H groups in total. The van der Waals surface area contributed by atoms with Crippen LogP contribution in [0.1, 0.15) is 55.1 Å². The molecule has 3 atom stereocenters. The minimum absolute atomic E-state index is 0.0416. The number of thioether (sulfide) groups is 1. The smallest absolute Gasteiger partial charge is 0.262 e. The molecule has 0 aliphatic heterocycles. The van der Waals surface area contributed by atoms with Crippen LogP contribution in [-0.4, -0.2) is 15.5 Å². The van der Waals surface area contributed by atoms with Crippen molar-refractivity contribution in [1.82, 2.24) is 9.55 Å². The summed E-state index contributed by atoms with van der Waals surface area (Å²) in [6.45, 7) is 4.53. The third kappa shape index (κ3) is 4.01. The lowest BCUT2D eigenvalue weighted by Gasteiger charge is -2.36. The zero-order valence-electron chi connectivity index (χ0n) is 17.4. The van der Waals surface area contributed by atoms with Crippen molar-refractivity contribution in [3.63, 3.8) is 0 Å². The fourth-order valence-electron chi connectivity index (χ4n) is 4.40. The third-order valence-corrected chi connectivity index (χ3v) is 7.37. The first-order chi connectivity index (χ1) is 14.5. The molecule has 6 heteroatoms. The van der Waals surface area contributed by atoms with Crippen LogP contribution in [0.4, 0.5) is 0 Å². The van der Waals surface area contributed by atoms with Crippen LogP contribution in [0.2, 0.25) is 0 Å². The number of aromatic nitrogens is 2. The fourth-order valence-corrected chi connectivity index (χ4v) is 5.40. The first kappa shape index (κ1) is 20.7. The number of para-hydroxylation sites is 1. The molecule has 0 radical (unpaired) electrons. The number of benzene rings is 2. The molecule has 156 valence electrons. The Balaban J connectivity index is 1.75. The van der Waals surface area contributed by atoms with E-state index in [1.165, 1.54) is 6.42 Å². The summed E-state index contributed by atoms with van der Waals surface area (Å²) in [7, 11) is 0. The molecule has 1 aliphatic rings. The molecule has 1 aliphatic carbocycles. The Hall–Kier alpha value is -2.60. The number of hydrogen-bond acceptors (Lipinski definition) is 4. The van der Waals surface area contributed by atoms with Gasteiger partial charge < -0.3 is 5.73 Å². The fraction of sp³-hybridized carbons (Fsp3) is 0.375. The van der Waals surface area contributed by atoms with Gasteiger partial charge in [0.15, 0.2) is 5.16 Å². The molecular formula is C24H27N3O2S. The predicted molar refractivity (Wildman–Crippen MR) is 122 cm³/mol. The normalized spacial score (nSPS) is 21.6. The topological polar surface area (TPSA) is 78.0 Å². The molecule has 1 aromatic heterocycles. The van der Waals surface area contributed by atoms with Crippen LogP contribution in [0.5, 0.6) is 0 Å². The number of hydrogen-bond donors (Lipinski definition) is 1. The van der Waals surface area contributed by atoms with Crippen molar-refractivity contribution in [3.8, 4) is 0 Å². The second-order valence-corrected chi connectivity index (χ2v) is 9.22. The lowest BCUT2D eigenvalue weighted by molar-refractivity contribution is 0.1000. The number of carbonyl (C=O) groups is 1. The summed E-state index contributed by atoms with van der Waals surface area (Å²) in [4.78, 5) is 29.9. The number of primary amides is 1. The van der Waals surface area contributed by atoms with Crippen LogP contribution in [0.15, 0.2) is 58.5 Å². The van der Waals surface area contributed by atoms with Crippen molar-refractivity contribution < 1.29 is 4.79 Å². The highest BCUT2D eigenvalue weighted by Crippen LogP contribution is 2.39. The van der Waals surface area contributed by atoms with E-state index < -0.39 is 5.91 Å². The van der Waals surface area contributed by atoms with Crippen molar-refractivity contribution in [2.75, 3.05) is 0 Å². The molecule has 30 heavy (non-hydrogen) atoms. The van der Waals surface area contributed by atoms with E-state index in [1.54, 1.807) is 17.8 Å². The second-order valence-electron chi connectivity index (χ2n) is 8.27. The maximum absolute atomic E-state index is 13.5. The van der Waals surface area contributed by atoms with Gasteiger partial charge in [0.2, 0.25) is 5.91 Å². The molecule has 1 fully saturated rings. The minimum Gasteiger partial charge on any atom is -0.366 e. The minimum atomic E-state index is -0.437. The van der Waals surface area contributed by atoms with Crippen LogP contribution in [0.25, 0.3) is 10.9 Å². The summed E-state index contributed by atoms with van der Waals surface area (Å²) in [6.07, 6.45) is 3.33. The Labute approximate surface area is 180 Å². The van der Waals surface area contributed by atoms with E-state index >= 15 is 0 Å². The van der Waals surface area contributed by atoms with Gasteiger partial charge in [-0.05, 0) is 48.1 Å². The average molecular weight is 422 g/mol. The second kappa shape index (κ2) is 8.64. The Bertz CT molecular complexity index is 1140. The van der Waals surface area contributed by atoms with Crippen LogP contribution in [-0.2, 0) is 5.75 Å². The Morgan fingerprint density at radius 2 is 1.97 bits per heavy atom. The van der Waals surface area contributed by atoms with Gasteiger partial charge in [0.05, 0.1) is 10.9 Å². The maximum Gasteiger partial charge on any atom is 0.262 e. The van der Waals surface area contributed by atoms with E-state index in [2.05, 4.69) is 13.8 Å². The highest BCUT2D eigenvalue weighted by molar-refractivity contribution is 7.98. The highest BCUT2D eigenvalue weighted by Gasteiger charge is 2.31. The monoisotopic (exact) mass is 421 g/mol. The van der Waals surface area contributed by atoms with Crippen molar-refractivity contribution in [2.45, 2.75) is 50.1 Å². The first-order valence-electron chi connectivity index (χ1n) is 10.5. The lowest BCUT2D eigenvalue weighted by Crippen LogP contribution is -2.35. The molecular weight excluding hydrogens is 394 g/mol. The maximum atomic E-state index is 13.5. The summed E-state index contributed by atoms with van der Waals surface area (Å²) in [5, 5.41) is 1.41. The molecule has 1 saturated carbocycles. The van der Waals surface area contributed by atoms with E-state index in [9.17, 15) is 9.59 Å². The number of fused-ring (bicyclic) bond motifs is 1. The van der Waals surface area contributed by atoms with Crippen molar-refractivity contribution in [3.05, 3.63) is 70.0 Å². The molecule has 3 aromatic rings. The number of rotatable bonds is 5. The molecule has 0 unspecified atom stereocenters.